The van der Waals surface area contributed by atoms with Crippen LogP contribution in [0.3, 0.4) is 0 Å². The van der Waals surface area contributed by atoms with Gasteiger partial charge in [0.05, 0.1) is 11.0 Å². The molecule has 2 N–H and O–H groups in total. The van der Waals surface area contributed by atoms with Crippen molar-refractivity contribution in [1.82, 2.24) is 9.97 Å². The predicted octanol–water partition coefficient (Wildman–Crippen LogP) is 12.4. The lowest BCUT2D eigenvalue weighted by Crippen LogP contribution is -2.30. The molecule has 0 bridgehead atoms. The van der Waals surface area contributed by atoms with Crippen molar-refractivity contribution in [2.24, 2.45) is 0 Å². The average Bonchev–Trinajstić information content (AvgIpc) is 3.25. The summed E-state index contributed by atoms with van der Waals surface area (Å²) < 4.78 is 0. The summed E-state index contributed by atoms with van der Waals surface area (Å²) in [5.74, 6) is 0. The van der Waals surface area contributed by atoms with Gasteiger partial charge in [0, 0.05) is 67.1 Å². The maximum absolute atomic E-state index is 4.94. The minimum Gasteiger partial charge on any atom is -0.354 e. The molecular weight excluding hydrogens is 719 g/mol. The van der Waals surface area contributed by atoms with E-state index in [1.807, 2.05) is 12.4 Å². The van der Waals surface area contributed by atoms with Gasteiger partial charge in [-0.2, -0.15) is 0 Å². The summed E-state index contributed by atoms with van der Waals surface area (Å²) in [6.07, 6.45) is 16.7. The minimum absolute atomic E-state index is 0.575. The van der Waals surface area contributed by atoms with Crippen molar-refractivity contribution in [1.29, 1.82) is 0 Å². The van der Waals surface area contributed by atoms with E-state index >= 15 is 0 Å². The smallest absolute Gasteiger partial charge is 0.0723 e. The van der Waals surface area contributed by atoms with Gasteiger partial charge < -0.3 is 10.6 Å². The van der Waals surface area contributed by atoms with E-state index in [0.29, 0.717) is 11.3 Å². The average molecular weight is 765 g/mol. The first-order valence-corrected chi connectivity index (χ1v) is 23.5. The van der Waals surface area contributed by atoms with Crippen LogP contribution in [0.15, 0.2) is 134 Å². The molecule has 0 radical (unpaired) electrons. The molecule has 2 aromatic heterocycles. The van der Waals surface area contributed by atoms with Crippen LogP contribution in [-0.4, -0.2) is 21.3 Å². The van der Waals surface area contributed by atoms with Crippen LogP contribution in [0, 0.1) is 0 Å². The SMILES string of the molecule is c1ccc2cc3c(cc2c1)Nc1cc2ccccc2cc1P(C1CCCCC1)c1cc2cccnc2cc1Nc1cc2ncccc2cc1P3C1CCCCC1. The van der Waals surface area contributed by atoms with E-state index in [1.165, 1.54) is 140 Å². The first kappa shape index (κ1) is 34.4. The van der Waals surface area contributed by atoms with Gasteiger partial charge in [-0.15, -0.1) is 0 Å². The molecule has 0 amide bonds. The maximum atomic E-state index is 4.94. The number of nitrogens with zero attached hydrogens (tertiary/aromatic N) is 2. The Morgan fingerprint density at radius 1 is 0.375 bits per heavy atom. The van der Waals surface area contributed by atoms with E-state index in [0.717, 1.165) is 11.0 Å². The third kappa shape index (κ3) is 6.23. The Kier molecular flexibility index (Phi) is 8.94. The molecule has 4 nitrogen and oxygen atoms in total. The quantitative estimate of drug-likeness (QED) is 0.172. The Bertz CT molecular complexity index is 2410. The molecule has 3 heterocycles. The molecule has 1 aliphatic heterocycles. The molecule has 6 aromatic carbocycles. The van der Waals surface area contributed by atoms with Gasteiger partial charge in [0.2, 0.25) is 0 Å². The molecule has 2 unspecified atom stereocenters. The van der Waals surface area contributed by atoms with Crippen LogP contribution in [0.2, 0.25) is 0 Å². The summed E-state index contributed by atoms with van der Waals surface area (Å²) in [4.78, 5) is 9.88. The summed E-state index contributed by atoms with van der Waals surface area (Å²) in [5.41, 5.74) is 8.13. The highest BCUT2D eigenvalue weighted by Crippen LogP contribution is 2.54. The van der Waals surface area contributed by atoms with Crippen LogP contribution in [0.25, 0.3) is 43.4 Å². The molecular formula is C50H46N4P2. The van der Waals surface area contributed by atoms with Crippen molar-refractivity contribution in [3.05, 3.63) is 134 Å². The number of nitrogens with one attached hydrogen (secondary N) is 2. The summed E-state index contributed by atoms with van der Waals surface area (Å²) in [6.45, 7) is 0. The van der Waals surface area contributed by atoms with E-state index in [4.69, 9.17) is 9.97 Å². The fraction of sp³-hybridized carbons (Fsp3) is 0.240. The van der Waals surface area contributed by atoms with Crippen molar-refractivity contribution >= 4 is 103 Å². The van der Waals surface area contributed by atoms with Crippen LogP contribution in [0.1, 0.15) is 64.2 Å². The van der Waals surface area contributed by atoms with Crippen LogP contribution in [0.4, 0.5) is 22.7 Å². The van der Waals surface area contributed by atoms with E-state index in [9.17, 15) is 0 Å². The maximum Gasteiger partial charge on any atom is 0.0723 e. The van der Waals surface area contributed by atoms with E-state index in [1.54, 1.807) is 0 Å². The van der Waals surface area contributed by atoms with Crippen molar-refractivity contribution < 1.29 is 0 Å². The molecule has 2 saturated carbocycles. The third-order valence-corrected chi connectivity index (χ3v) is 18.7. The van der Waals surface area contributed by atoms with Crippen molar-refractivity contribution in [2.75, 3.05) is 10.6 Å². The van der Waals surface area contributed by atoms with Gasteiger partial charge in [0.1, 0.15) is 0 Å². The van der Waals surface area contributed by atoms with Gasteiger partial charge in [0.25, 0.3) is 0 Å². The van der Waals surface area contributed by atoms with E-state index in [-0.39, 0.29) is 0 Å². The molecule has 6 heteroatoms. The number of pyridine rings is 2. The summed E-state index contributed by atoms with van der Waals surface area (Å²) in [7, 11) is -1.59. The normalized spacial score (nSPS) is 19.2. The molecule has 3 aliphatic rings. The van der Waals surface area contributed by atoms with E-state index in [2.05, 4.69) is 132 Å². The lowest BCUT2D eigenvalue weighted by molar-refractivity contribution is 0.513. The topological polar surface area (TPSA) is 49.8 Å². The number of rotatable bonds is 2. The Morgan fingerprint density at radius 2 is 0.714 bits per heavy atom. The molecule has 2 fully saturated rings. The lowest BCUT2D eigenvalue weighted by Gasteiger charge is -2.37. The second kappa shape index (κ2) is 14.6. The number of hydrogen-bond donors (Lipinski definition) is 2. The molecule has 8 aromatic rings. The zero-order chi connectivity index (χ0) is 37.0. The Labute approximate surface area is 331 Å². The summed E-state index contributed by atoms with van der Waals surface area (Å²) in [5, 5.41) is 21.9. The molecule has 276 valence electrons. The van der Waals surface area contributed by atoms with Gasteiger partial charge in [-0.25, -0.2) is 0 Å². The highest BCUT2D eigenvalue weighted by atomic mass is 31.1. The van der Waals surface area contributed by atoms with Gasteiger partial charge in [-0.3, -0.25) is 9.97 Å². The zero-order valence-corrected chi connectivity index (χ0v) is 33.5. The number of benzene rings is 6. The fourth-order valence-corrected chi connectivity index (χ4v) is 16.4. The highest BCUT2D eigenvalue weighted by Gasteiger charge is 2.35. The molecule has 0 saturated heterocycles. The van der Waals surface area contributed by atoms with Crippen LogP contribution >= 0.6 is 15.8 Å². The van der Waals surface area contributed by atoms with Crippen LogP contribution in [-0.2, 0) is 0 Å². The van der Waals surface area contributed by atoms with Crippen molar-refractivity contribution in [2.45, 2.75) is 75.5 Å². The zero-order valence-electron chi connectivity index (χ0n) is 31.7. The molecule has 56 heavy (non-hydrogen) atoms. The molecule has 2 aliphatic carbocycles. The predicted molar refractivity (Wildman–Crippen MR) is 244 cm³/mol. The number of aromatic nitrogens is 2. The highest BCUT2D eigenvalue weighted by molar-refractivity contribution is 7.75. The second-order valence-corrected chi connectivity index (χ2v) is 21.0. The lowest BCUT2D eigenvalue weighted by atomic mass is 10.0. The standard InChI is InChI=1S/C50H46N4P2/c1-3-19-39(20-4-1)55-47-27-35-15-9-7-13-33(35)25-43(47)53-44-26-34-14-8-10-16-36(34)28-48(44)56(40-21-5-2-6-22-40)50-30-38-18-12-24-52-42(38)32-46(50)54-45-31-41-37(29-49(45)55)17-11-23-51-41/h7-18,23-32,39-40,53-54H,1-6,19-22H2. The molecule has 11 rings (SSSR count). The first-order chi connectivity index (χ1) is 27.7. The molecule has 0 spiro atoms. The molecule has 2 atom stereocenters. The Morgan fingerprint density at radius 3 is 1.12 bits per heavy atom. The van der Waals surface area contributed by atoms with Crippen molar-refractivity contribution in [3.63, 3.8) is 0 Å². The number of fused-ring (bicyclic) bond motifs is 8. The monoisotopic (exact) mass is 764 g/mol. The second-order valence-electron chi connectivity index (χ2n) is 16.1. The van der Waals surface area contributed by atoms with Crippen LogP contribution < -0.4 is 31.9 Å². The third-order valence-electron chi connectivity index (χ3n) is 12.6. The van der Waals surface area contributed by atoms with E-state index < -0.39 is 15.8 Å². The van der Waals surface area contributed by atoms with Gasteiger partial charge >= 0.3 is 0 Å². The Balaban J connectivity index is 1.27. The minimum atomic E-state index is -0.795. The van der Waals surface area contributed by atoms with Crippen LogP contribution in [0.5, 0.6) is 0 Å². The largest absolute Gasteiger partial charge is 0.354 e. The summed E-state index contributed by atoms with van der Waals surface area (Å²) in [6, 6.07) is 46.4. The first-order valence-electron chi connectivity index (χ1n) is 20.7. The Hall–Kier alpha value is -4.88. The number of hydrogen-bond acceptors (Lipinski definition) is 4. The van der Waals surface area contributed by atoms with Gasteiger partial charge in [-0.1, -0.05) is 99.2 Å². The van der Waals surface area contributed by atoms with Crippen molar-refractivity contribution in [3.8, 4) is 0 Å². The van der Waals surface area contributed by atoms with Gasteiger partial charge in [-0.05, 0) is 135 Å². The summed E-state index contributed by atoms with van der Waals surface area (Å²) >= 11 is 0. The van der Waals surface area contributed by atoms with Gasteiger partial charge in [0.15, 0.2) is 0 Å². The fourth-order valence-electron chi connectivity index (χ4n) is 9.89. The number of anilines is 4.